The molecule has 2 aromatic carbocycles. The summed E-state index contributed by atoms with van der Waals surface area (Å²) in [6.45, 7) is 0. The molecular formula is C17H13BrClN3S. The van der Waals surface area contributed by atoms with Crippen LogP contribution in [0.1, 0.15) is 5.56 Å². The Morgan fingerprint density at radius 2 is 1.96 bits per heavy atom. The molecule has 0 aliphatic carbocycles. The first-order valence-corrected chi connectivity index (χ1v) is 8.91. The molecule has 0 radical (unpaired) electrons. The molecular weight excluding hydrogens is 394 g/mol. The predicted molar refractivity (Wildman–Crippen MR) is 101 cm³/mol. The molecule has 3 nitrogen and oxygen atoms in total. The van der Waals surface area contributed by atoms with Gasteiger partial charge in [-0.1, -0.05) is 51.8 Å². The summed E-state index contributed by atoms with van der Waals surface area (Å²) in [5.41, 5.74) is 3.05. The first-order valence-electron chi connectivity index (χ1n) is 6.86. The van der Waals surface area contributed by atoms with Crippen LogP contribution in [0.3, 0.4) is 0 Å². The Kier molecular flexibility index (Phi) is 5.10. The number of hydrogen-bond acceptors (Lipinski definition) is 3. The summed E-state index contributed by atoms with van der Waals surface area (Å²) in [6, 6.07) is 15.7. The monoisotopic (exact) mass is 405 g/mol. The zero-order chi connectivity index (χ0) is 16.2. The smallest absolute Gasteiger partial charge is 0.205 e. The van der Waals surface area contributed by atoms with Crippen molar-refractivity contribution in [2.45, 2.75) is 0 Å². The Bertz CT molecular complexity index is 910. The molecule has 0 unspecified atom stereocenters. The lowest BCUT2D eigenvalue weighted by Crippen LogP contribution is -2.11. The molecule has 116 valence electrons. The lowest BCUT2D eigenvalue weighted by molar-refractivity contribution is 0.848. The van der Waals surface area contributed by atoms with E-state index in [9.17, 15) is 0 Å². The van der Waals surface area contributed by atoms with Gasteiger partial charge in [-0.25, -0.2) is 4.68 Å². The van der Waals surface area contributed by atoms with Crippen molar-refractivity contribution in [2.24, 2.45) is 10.1 Å². The fourth-order valence-corrected chi connectivity index (χ4v) is 3.44. The minimum absolute atomic E-state index is 0.716. The average molecular weight is 407 g/mol. The predicted octanol–water partition coefficient (Wildman–Crippen LogP) is 5.05. The number of nitrogens with zero attached hydrogens (tertiary/aromatic N) is 3. The second-order valence-corrected chi connectivity index (χ2v) is 6.93. The normalized spacial score (nSPS) is 12.2. The van der Waals surface area contributed by atoms with Crippen molar-refractivity contribution in [1.82, 2.24) is 4.68 Å². The largest absolute Gasteiger partial charge is 0.261 e. The van der Waals surface area contributed by atoms with Crippen molar-refractivity contribution >= 4 is 45.1 Å². The maximum atomic E-state index is 5.97. The minimum Gasteiger partial charge on any atom is -0.261 e. The van der Waals surface area contributed by atoms with Gasteiger partial charge in [-0.05, 0) is 29.8 Å². The molecule has 0 bridgehead atoms. The van der Waals surface area contributed by atoms with Gasteiger partial charge in [0.1, 0.15) is 0 Å². The molecule has 0 fully saturated rings. The van der Waals surface area contributed by atoms with E-state index in [4.69, 9.17) is 11.6 Å². The van der Waals surface area contributed by atoms with Crippen molar-refractivity contribution in [1.29, 1.82) is 0 Å². The topological polar surface area (TPSA) is 29.6 Å². The van der Waals surface area contributed by atoms with Gasteiger partial charge in [0.2, 0.25) is 4.80 Å². The highest BCUT2D eigenvalue weighted by molar-refractivity contribution is 9.10. The van der Waals surface area contributed by atoms with Crippen molar-refractivity contribution in [3.8, 4) is 11.3 Å². The zero-order valence-corrected chi connectivity index (χ0v) is 15.4. The summed E-state index contributed by atoms with van der Waals surface area (Å²) in [5.74, 6) is 0. The third kappa shape index (κ3) is 3.80. The van der Waals surface area contributed by atoms with Gasteiger partial charge >= 0.3 is 0 Å². The summed E-state index contributed by atoms with van der Waals surface area (Å²) in [4.78, 5) is 5.13. The van der Waals surface area contributed by atoms with Crippen LogP contribution in [0.2, 0.25) is 5.02 Å². The van der Waals surface area contributed by atoms with Gasteiger partial charge in [0.05, 0.1) is 11.9 Å². The fourth-order valence-electron chi connectivity index (χ4n) is 2.09. The van der Waals surface area contributed by atoms with E-state index in [2.05, 4.69) is 26.0 Å². The third-order valence-electron chi connectivity index (χ3n) is 3.19. The van der Waals surface area contributed by atoms with Crippen LogP contribution >= 0.6 is 38.9 Å². The maximum Gasteiger partial charge on any atom is 0.205 e. The van der Waals surface area contributed by atoms with E-state index in [1.54, 1.807) is 18.4 Å². The van der Waals surface area contributed by atoms with Gasteiger partial charge in [-0.15, -0.1) is 11.3 Å². The van der Waals surface area contributed by atoms with Gasteiger partial charge in [-0.2, -0.15) is 5.10 Å². The summed E-state index contributed by atoms with van der Waals surface area (Å²) < 4.78 is 2.87. The second-order valence-electron chi connectivity index (χ2n) is 4.75. The number of rotatable bonds is 3. The van der Waals surface area contributed by atoms with E-state index in [0.29, 0.717) is 5.02 Å². The highest BCUT2D eigenvalue weighted by Gasteiger charge is 2.06. The van der Waals surface area contributed by atoms with E-state index in [1.165, 1.54) is 0 Å². The number of aromatic nitrogens is 1. The summed E-state index contributed by atoms with van der Waals surface area (Å²) >= 11 is 11.0. The Labute approximate surface area is 151 Å². The molecule has 23 heavy (non-hydrogen) atoms. The number of halogens is 2. The number of thiazole rings is 1. The molecule has 1 heterocycles. The molecule has 0 amide bonds. The highest BCUT2D eigenvalue weighted by atomic mass is 79.9. The lowest BCUT2D eigenvalue weighted by Gasteiger charge is -2.03. The van der Waals surface area contributed by atoms with E-state index in [1.807, 2.05) is 64.8 Å². The summed E-state index contributed by atoms with van der Waals surface area (Å²) in [6.07, 6.45) is 1.82. The Morgan fingerprint density at radius 1 is 1.17 bits per heavy atom. The number of benzene rings is 2. The van der Waals surface area contributed by atoms with E-state index in [-0.39, 0.29) is 0 Å². The molecule has 0 atom stereocenters. The molecule has 0 N–H and O–H groups in total. The summed E-state index contributed by atoms with van der Waals surface area (Å²) in [5, 5.41) is 7.36. The van der Waals surface area contributed by atoms with Crippen LogP contribution in [0.15, 0.2) is 68.5 Å². The van der Waals surface area contributed by atoms with Crippen LogP contribution in [0, 0.1) is 0 Å². The molecule has 0 aliphatic heterocycles. The minimum atomic E-state index is 0.716. The van der Waals surface area contributed by atoms with Crippen molar-refractivity contribution < 1.29 is 0 Å². The van der Waals surface area contributed by atoms with Crippen LogP contribution in [-0.2, 0) is 0 Å². The fraction of sp³-hybridized carbons (Fsp3) is 0.0588. The maximum absolute atomic E-state index is 5.97. The van der Waals surface area contributed by atoms with Crippen molar-refractivity contribution in [3.05, 3.63) is 73.8 Å². The lowest BCUT2D eigenvalue weighted by atomic mass is 10.2. The molecule has 3 aromatic rings. The van der Waals surface area contributed by atoms with Crippen LogP contribution in [0.4, 0.5) is 0 Å². The van der Waals surface area contributed by atoms with Gasteiger partial charge < -0.3 is 0 Å². The molecule has 0 saturated heterocycles. The first-order chi connectivity index (χ1) is 11.2. The molecule has 1 aromatic heterocycles. The highest BCUT2D eigenvalue weighted by Crippen LogP contribution is 2.22. The van der Waals surface area contributed by atoms with E-state index < -0.39 is 0 Å². The Balaban J connectivity index is 2.04. The average Bonchev–Trinajstić information content (AvgIpc) is 2.96. The zero-order valence-electron chi connectivity index (χ0n) is 12.3. The molecule has 0 aliphatic rings. The first kappa shape index (κ1) is 16.2. The van der Waals surface area contributed by atoms with Crippen molar-refractivity contribution in [3.63, 3.8) is 0 Å². The molecule has 0 saturated carbocycles. The molecule has 3 rings (SSSR count). The number of hydrogen-bond donors (Lipinski definition) is 0. The van der Waals surface area contributed by atoms with Gasteiger partial charge in [0.15, 0.2) is 0 Å². The van der Waals surface area contributed by atoms with Crippen LogP contribution in [0.25, 0.3) is 11.3 Å². The van der Waals surface area contributed by atoms with Crippen LogP contribution in [-0.4, -0.2) is 17.9 Å². The standard InChI is InChI=1S/C17H13BrClN3S/c1-20-17-22(21-10-12-3-2-4-14(18)9-12)16(11-23-17)13-5-7-15(19)8-6-13/h2-11H,1H3/b20-17?,21-10+. The van der Waals surface area contributed by atoms with Gasteiger partial charge in [0.25, 0.3) is 0 Å². The Hall–Kier alpha value is -1.69. The van der Waals surface area contributed by atoms with Gasteiger partial charge in [-0.3, -0.25) is 4.99 Å². The quantitative estimate of drug-likeness (QED) is 0.545. The third-order valence-corrected chi connectivity index (χ3v) is 4.84. The SMILES string of the molecule is CN=c1scc(-c2ccc(Cl)cc2)n1/N=C/c1cccc(Br)c1. The second kappa shape index (κ2) is 7.25. The Morgan fingerprint density at radius 3 is 2.65 bits per heavy atom. The van der Waals surface area contributed by atoms with Crippen LogP contribution < -0.4 is 4.80 Å². The molecule has 6 heteroatoms. The molecule has 0 spiro atoms. The van der Waals surface area contributed by atoms with E-state index >= 15 is 0 Å². The van der Waals surface area contributed by atoms with Gasteiger partial charge in [0, 0.05) is 27.5 Å². The van der Waals surface area contributed by atoms with Crippen LogP contribution in [0.5, 0.6) is 0 Å². The van der Waals surface area contributed by atoms with E-state index in [0.717, 1.165) is 26.1 Å². The van der Waals surface area contributed by atoms with Crippen molar-refractivity contribution in [2.75, 3.05) is 7.05 Å². The summed E-state index contributed by atoms with van der Waals surface area (Å²) in [7, 11) is 1.77.